The van der Waals surface area contributed by atoms with Crippen molar-refractivity contribution in [2.75, 3.05) is 6.54 Å². The smallest absolute Gasteiger partial charge is 0.312 e. The number of hydrogen-bond acceptors (Lipinski definition) is 4. The Labute approximate surface area is 185 Å². The quantitative estimate of drug-likeness (QED) is 0.547. The van der Waals surface area contributed by atoms with Gasteiger partial charge in [-0.05, 0) is 54.1 Å². The zero-order valence-corrected chi connectivity index (χ0v) is 17.9. The molecule has 1 aliphatic rings. The summed E-state index contributed by atoms with van der Waals surface area (Å²) in [4.78, 5) is 28.0. The maximum atomic E-state index is 13.2. The van der Waals surface area contributed by atoms with Gasteiger partial charge >= 0.3 is 6.03 Å². The number of primary amides is 1. The molecule has 1 aromatic heterocycles. The summed E-state index contributed by atoms with van der Waals surface area (Å²) >= 11 is 1.67. The third-order valence-electron chi connectivity index (χ3n) is 5.38. The Balaban J connectivity index is 1.51. The number of urea groups is 1. The molecule has 3 amide bonds. The van der Waals surface area contributed by atoms with E-state index >= 15 is 0 Å². The average molecular weight is 436 g/mol. The molecule has 2 heterocycles. The molecule has 4 rings (SSSR count). The van der Waals surface area contributed by atoms with E-state index in [4.69, 9.17) is 10.5 Å². The van der Waals surface area contributed by atoms with Crippen LogP contribution in [-0.2, 0) is 4.79 Å². The second-order valence-electron chi connectivity index (χ2n) is 7.51. The minimum Gasteiger partial charge on any atom is -0.457 e. The maximum absolute atomic E-state index is 13.2. The predicted octanol–water partition coefficient (Wildman–Crippen LogP) is 5.00. The number of nitrogens with two attached hydrogens (primary N) is 1. The Hall–Kier alpha value is -3.32. The van der Waals surface area contributed by atoms with Gasteiger partial charge in [0.2, 0.25) is 5.91 Å². The molecular weight excluding hydrogens is 410 g/mol. The largest absolute Gasteiger partial charge is 0.457 e. The number of carbonyl (C=O) groups is 2. The molecule has 1 saturated heterocycles. The number of amides is 3. The number of nitrogens with one attached hydrogen (secondary N) is 1. The summed E-state index contributed by atoms with van der Waals surface area (Å²) in [6.07, 6.45) is 2.07. The number of nitrogens with zero attached hydrogens (tertiary/aromatic N) is 1. The average Bonchev–Trinajstić information content (AvgIpc) is 3.45. The van der Waals surface area contributed by atoms with Crippen LogP contribution in [0.2, 0.25) is 0 Å². The van der Waals surface area contributed by atoms with Crippen molar-refractivity contribution in [3.05, 3.63) is 82.6 Å². The fraction of sp³-hybridized carbons (Fsp3) is 0.250. The van der Waals surface area contributed by atoms with Gasteiger partial charge < -0.3 is 20.7 Å². The maximum Gasteiger partial charge on any atom is 0.312 e. The zero-order chi connectivity index (χ0) is 21.6. The van der Waals surface area contributed by atoms with E-state index in [0.29, 0.717) is 11.5 Å². The second-order valence-corrected chi connectivity index (χ2v) is 8.49. The number of benzene rings is 2. The first-order valence-electron chi connectivity index (χ1n) is 10.3. The highest BCUT2D eigenvalue weighted by Gasteiger charge is 2.32. The van der Waals surface area contributed by atoms with Crippen LogP contribution in [0.15, 0.2) is 72.1 Å². The van der Waals surface area contributed by atoms with Gasteiger partial charge in [-0.1, -0.05) is 36.4 Å². The van der Waals surface area contributed by atoms with Crippen molar-refractivity contribution < 1.29 is 14.3 Å². The van der Waals surface area contributed by atoms with Crippen molar-refractivity contribution >= 4 is 23.3 Å². The molecule has 3 aromatic rings. The Bertz CT molecular complexity index is 1020. The molecular formula is C24H25N3O3S. The van der Waals surface area contributed by atoms with Gasteiger partial charge in [0.25, 0.3) is 0 Å². The lowest BCUT2D eigenvalue weighted by atomic mass is 10.0. The van der Waals surface area contributed by atoms with Crippen LogP contribution < -0.4 is 15.8 Å². The lowest BCUT2D eigenvalue weighted by molar-refractivity contribution is -0.132. The van der Waals surface area contributed by atoms with Crippen molar-refractivity contribution in [2.45, 2.75) is 31.3 Å². The summed E-state index contributed by atoms with van der Waals surface area (Å²) < 4.78 is 5.91. The van der Waals surface area contributed by atoms with Crippen LogP contribution in [0.3, 0.4) is 0 Å². The van der Waals surface area contributed by atoms with E-state index in [9.17, 15) is 9.59 Å². The van der Waals surface area contributed by atoms with Gasteiger partial charge in [0, 0.05) is 11.4 Å². The SMILES string of the molecule is NC(=O)N[C@H](CC(=O)N1CCC[C@@H]1c1cccs1)c1cccc(Oc2ccccc2)c1. The van der Waals surface area contributed by atoms with Crippen LogP contribution in [0.5, 0.6) is 11.5 Å². The first-order valence-corrected chi connectivity index (χ1v) is 11.2. The second kappa shape index (κ2) is 9.66. The molecule has 160 valence electrons. The highest BCUT2D eigenvalue weighted by atomic mass is 32.1. The predicted molar refractivity (Wildman–Crippen MR) is 121 cm³/mol. The number of thiophene rings is 1. The molecule has 0 saturated carbocycles. The molecule has 1 aliphatic heterocycles. The van der Waals surface area contributed by atoms with Crippen molar-refractivity contribution in [2.24, 2.45) is 5.73 Å². The molecule has 0 spiro atoms. The Morgan fingerprint density at radius 3 is 2.65 bits per heavy atom. The summed E-state index contributed by atoms with van der Waals surface area (Å²) in [6, 6.07) is 19.8. The van der Waals surface area contributed by atoms with Crippen LogP contribution in [0.1, 0.15) is 41.8 Å². The highest BCUT2D eigenvalue weighted by molar-refractivity contribution is 7.10. The van der Waals surface area contributed by atoms with Crippen LogP contribution >= 0.6 is 11.3 Å². The Morgan fingerprint density at radius 1 is 1.10 bits per heavy atom. The summed E-state index contributed by atoms with van der Waals surface area (Å²) in [7, 11) is 0. The van der Waals surface area contributed by atoms with Crippen molar-refractivity contribution in [3.8, 4) is 11.5 Å². The highest BCUT2D eigenvalue weighted by Crippen LogP contribution is 2.36. The Morgan fingerprint density at radius 2 is 1.90 bits per heavy atom. The van der Waals surface area contributed by atoms with E-state index in [2.05, 4.69) is 11.4 Å². The number of rotatable bonds is 7. The lowest BCUT2D eigenvalue weighted by Gasteiger charge is -2.27. The summed E-state index contributed by atoms with van der Waals surface area (Å²) in [5.74, 6) is 1.35. The normalized spacial score (nSPS) is 16.6. The number of ether oxygens (including phenoxy) is 1. The van der Waals surface area contributed by atoms with E-state index in [1.807, 2.05) is 70.9 Å². The number of hydrogen-bond donors (Lipinski definition) is 2. The van der Waals surface area contributed by atoms with Crippen LogP contribution in [0.25, 0.3) is 0 Å². The molecule has 1 fully saturated rings. The summed E-state index contributed by atoms with van der Waals surface area (Å²) in [5.41, 5.74) is 6.19. The lowest BCUT2D eigenvalue weighted by Crippen LogP contribution is -2.38. The number of carbonyl (C=O) groups excluding carboxylic acids is 2. The molecule has 2 aromatic carbocycles. The van der Waals surface area contributed by atoms with Crippen LogP contribution in [0, 0.1) is 0 Å². The van der Waals surface area contributed by atoms with Crippen molar-refractivity contribution in [3.63, 3.8) is 0 Å². The summed E-state index contributed by atoms with van der Waals surface area (Å²) in [5, 5.41) is 4.76. The van der Waals surface area contributed by atoms with Gasteiger partial charge in [0.1, 0.15) is 11.5 Å². The number of para-hydroxylation sites is 1. The first kappa shape index (κ1) is 20.9. The molecule has 3 N–H and O–H groups in total. The van der Waals surface area contributed by atoms with Crippen molar-refractivity contribution in [1.82, 2.24) is 10.2 Å². The van der Waals surface area contributed by atoms with Gasteiger partial charge in [-0.3, -0.25) is 4.79 Å². The topological polar surface area (TPSA) is 84.7 Å². The minimum atomic E-state index is -0.664. The molecule has 0 bridgehead atoms. The molecule has 0 unspecified atom stereocenters. The van der Waals surface area contributed by atoms with Gasteiger partial charge in [-0.25, -0.2) is 4.79 Å². The number of likely N-dealkylation sites (tertiary alicyclic amines) is 1. The van der Waals surface area contributed by atoms with Gasteiger partial charge in [-0.2, -0.15) is 0 Å². The zero-order valence-electron chi connectivity index (χ0n) is 17.1. The third kappa shape index (κ3) is 5.24. The van der Waals surface area contributed by atoms with Crippen LogP contribution in [-0.4, -0.2) is 23.4 Å². The van der Waals surface area contributed by atoms with Crippen molar-refractivity contribution in [1.29, 1.82) is 0 Å². The van der Waals surface area contributed by atoms with Crippen LogP contribution in [0.4, 0.5) is 4.79 Å². The van der Waals surface area contributed by atoms with E-state index in [-0.39, 0.29) is 18.4 Å². The fourth-order valence-electron chi connectivity index (χ4n) is 3.98. The molecule has 0 radical (unpaired) electrons. The van der Waals surface area contributed by atoms with E-state index in [1.165, 1.54) is 4.88 Å². The van der Waals surface area contributed by atoms with Gasteiger partial charge in [0.05, 0.1) is 18.5 Å². The molecule has 2 atom stereocenters. The standard InChI is InChI=1S/C24H25N3O3S/c25-24(29)26-20(16-23(28)27-13-5-11-21(27)22-12-6-14-31-22)17-7-4-10-19(15-17)30-18-8-2-1-3-9-18/h1-4,6-10,12,14-15,20-21H,5,11,13,16H2,(H3,25,26,29)/t20-,21-/m1/s1. The van der Waals surface area contributed by atoms with Gasteiger partial charge in [0.15, 0.2) is 0 Å². The first-order chi connectivity index (χ1) is 15.1. The van der Waals surface area contributed by atoms with E-state index in [1.54, 1.807) is 11.3 Å². The molecule has 7 heteroatoms. The Kier molecular flexibility index (Phi) is 6.52. The monoisotopic (exact) mass is 435 g/mol. The molecule has 0 aliphatic carbocycles. The van der Waals surface area contributed by atoms with Gasteiger partial charge in [-0.15, -0.1) is 11.3 Å². The molecule has 31 heavy (non-hydrogen) atoms. The third-order valence-corrected chi connectivity index (χ3v) is 6.35. The fourth-order valence-corrected chi connectivity index (χ4v) is 4.85. The summed E-state index contributed by atoms with van der Waals surface area (Å²) in [6.45, 7) is 0.724. The molecule has 6 nitrogen and oxygen atoms in total. The van der Waals surface area contributed by atoms with E-state index < -0.39 is 12.1 Å². The minimum absolute atomic E-state index is 0.00373. The van der Waals surface area contributed by atoms with E-state index in [0.717, 1.165) is 24.9 Å².